The minimum Gasteiger partial charge on any atom is -0.509 e. The number of nitrogens with one attached hydrogen (secondary N) is 1. The van der Waals surface area contributed by atoms with Crippen molar-refractivity contribution in [3.05, 3.63) is 35.1 Å². The number of fused-ring (bicyclic) bond motifs is 1. The predicted molar refractivity (Wildman–Crippen MR) is 146 cm³/mol. The van der Waals surface area contributed by atoms with Crippen molar-refractivity contribution in [3.8, 4) is 0 Å². The number of amides is 1. The molecule has 1 saturated carbocycles. The molecular weight excluding hydrogens is 513 g/mol. The fraction of sp³-hybridized carbons (Fsp3) is 0.615. The van der Waals surface area contributed by atoms with Crippen LogP contribution in [0.4, 0.5) is 5.69 Å². The Balaban J connectivity index is 1.53. The van der Waals surface area contributed by atoms with Crippen LogP contribution in [-0.4, -0.2) is 59.7 Å². The van der Waals surface area contributed by atoms with Crippen molar-refractivity contribution in [2.45, 2.75) is 71.8 Å². The molecule has 2 heterocycles. The Morgan fingerprint density at radius 1 is 1.19 bits per heavy atom. The second-order valence-electron chi connectivity index (χ2n) is 11.7. The van der Waals surface area contributed by atoms with Crippen molar-refractivity contribution in [2.75, 3.05) is 23.9 Å². The average molecular weight is 552 g/mol. The molecule has 3 N–H and O–H groups in total. The summed E-state index contributed by atoms with van der Waals surface area (Å²) in [5.41, 5.74) is 0.766. The van der Waals surface area contributed by atoms with Crippen molar-refractivity contribution in [1.29, 1.82) is 0 Å². The molecule has 11 heteroatoms. The van der Waals surface area contributed by atoms with Crippen LogP contribution in [0.15, 0.2) is 34.3 Å². The number of hydrogen-bond donors (Lipinski definition) is 3. The maximum atomic E-state index is 13.5. The van der Waals surface area contributed by atoms with E-state index in [4.69, 9.17) is 0 Å². The maximum absolute atomic E-state index is 13.5. The minimum atomic E-state index is -4.20. The first kappa shape index (κ1) is 27.9. The van der Waals surface area contributed by atoms with Gasteiger partial charge in [0.15, 0.2) is 5.84 Å². The SMILES string of the molecule is CC(C)(C)[C@H]1C(O)=C(C2=NP(=O)(O)c3cc(CCCCCS(C)(=O)=O)ccc3N2)C(=O)N1CCC1CC1. The van der Waals surface area contributed by atoms with Gasteiger partial charge in [0, 0.05) is 18.6 Å². The van der Waals surface area contributed by atoms with Gasteiger partial charge in [0.2, 0.25) is 0 Å². The Morgan fingerprint density at radius 3 is 2.51 bits per heavy atom. The summed E-state index contributed by atoms with van der Waals surface area (Å²) in [6.07, 6.45) is 7.14. The number of rotatable bonds is 10. The highest BCUT2D eigenvalue weighted by Crippen LogP contribution is 2.48. The number of sulfone groups is 1. The van der Waals surface area contributed by atoms with E-state index in [-0.39, 0.29) is 34.1 Å². The normalized spacial score (nSPS) is 24.2. The number of anilines is 1. The highest BCUT2D eigenvalue weighted by Gasteiger charge is 2.48. The molecule has 1 fully saturated rings. The van der Waals surface area contributed by atoms with Gasteiger partial charge in [0.25, 0.3) is 5.91 Å². The number of aliphatic hydroxyl groups excluding tert-OH is 1. The van der Waals surface area contributed by atoms with Crippen molar-refractivity contribution in [3.63, 3.8) is 0 Å². The Hall–Kier alpha value is -2.16. The van der Waals surface area contributed by atoms with Crippen molar-refractivity contribution in [1.82, 2.24) is 4.90 Å². The third-order valence-electron chi connectivity index (χ3n) is 7.18. The van der Waals surface area contributed by atoms with Gasteiger partial charge in [-0.25, -0.2) is 8.42 Å². The van der Waals surface area contributed by atoms with Gasteiger partial charge in [-0.1, -0.05) is 46.1 Å². The number of unbranched alkanes of at least 4 members (excludes halogenated alkanes) is 2. The van der Waals surface area contributed by atoms with Crippen LogP contribution in [0, 0.1) is 11.3 Å². The van der Waals surface area contributed by atoms with E-state index < -0.39 is 28.8 Å². The molecule has 4 rings (SSSR count). The van der Waals surface area contributed by atoms with Crippen molar-refractivity contribution < 1.29 is 27.8 Å². The van der Waals surface area contributed by atoms with Gasteiger partial charge < -0.3 is 20.2 Å². The quantitative estimate of drug-likeness (QED) is 0.296. The smallest absolute Gasteiger partial charge is 0.346 e. The third kappa shape index (κ3) is 6.47. The molecule has 1 unspecified atom stereocenters. The van der Waals surface area contributed by atoms with Crippen LogP contribution in [-0.2, 0) is 25.6 Å². The van der Waals surface area contributed by atoms with Gasteiger partial charge in [-0.3, -0.25) is 9.36 Å². The largest absolute Gasteiger partial charge is 0.509 e. The van der Waals surface area contributed by atoms with Crippen molar-refractivity contribution >= 4 is 40.1 Å². The van der Waals surface area contributed by atoms with E-state index in [1.807, 2.05) is 26.8 Å². The first-order valence-electron chi connectivity index (χ1n) is 12.9. The zero-order chi connectivity index (χ0) is 27.2. The lowest BCUT2D eigenvalue weighted by atomic mass is 9.85. The number of aliphatic hydroxyl groups is 1. The molecule has 3 aliphatic rings. The molecular formula is C26H38N3O6PS. The van der Waals surface area contributed by atoms with Crippen LogP contribution >= 0.6 is 7.52 Å². The molecule has 0 bridgehead atoms. The van der Waals surface area contributed by atoms with Crippen molar-refractivity contribution in [2.24, 2.45) is 16.1 Å². The Kier molecular flexibility index (Phi) is 7.68. The number of amidine groups is 1. The number of carbonyl (C=O) groups is 1. The molecule has 1 aliphatic carbocycles. The van der Waals surface area contributed by atoms with Crippen LogP contribution < -0.4 is 10.6 Å². The van der Waals surface area contributed by atoms with E-state index in [2.05, 4.69) is 10.1 Å². The highest BCUT2D eigenvalue weighted by atomic mass is 32.2. The molecule has 2 aliphatic heterocycles. The van der Waals surface area contributed by atoms with E-state index in [9.17, 15) is 27.8 Å². The summed E-state index contributed by atoms with van der Waals surface area (Å²) in [7, 11) is -7.18. The second kappa shape index (κ2) is 10.2. The number of carbonyl (C=O) groups excluding carboxylic acids is 1. The lowest BCUT2D eigenvalue weighted by Gasteiger charge is -2.35. The van der Waals surface area contributed by atoms with Crippen LogP contribution in [0.5, 0.6) is 0 Å². The van der Waals surface area contributed by atoms with Gasteiger partial charge in [0.1, 0.15) is 21.2 Å². The van der Waals surface area contributed by atoms with Gasteiger partial charge in [0.05, 0.1) is 17.0 Å². The summed E-state index contributed by atoms with van der Waals surface area (Å²) in [5, 5.41) is 14.4. The Morgan fingerprint density at radius 2 is 1.89 bits per heavy atom. The van der Waals surface area contributed by atoms with Gasteiger partial charge >= 0.3 is 7.52 Å². The minimum absolute atomic E-state index is 0.0365. The first-order chi connectivity index (χ1) is 17.2. The monoisotopic (exact) mass is 551 g/mol. The molecule has 0 aromatic heterocycles. The summed E-state index contributed by atoms with van der Waals surface area (Å²) in [6, 6.07) is 4.64. The summed E-state index contributed by atoms with van der Waals surface area (Å²) in [5.74, 6) is 0.202. The second-order valence-corrected chi connectivity index (χ2v) is 15.7. The van der Waals surface area contributed by atoms with E-state index in [1.54, 1.807) is 17.0 Å². The fourth-order valence-electron chi connectivity index (χ4n) is 5.12. The average Bonchev–Trinajstić information content (AvgIpc) is 3.55. The topological polar surface area (TPSA) is 136 Å². The summed E-state index contributed by atoms with van der Waals surface area (Å²) in [4.78, 5) is 26.0. The van der Waals surface area contributed by atoms with Crippen LogP contribution in [0.3, 0.4) is 0 Å². The molecule has 9 nitrogen and oxygen atoms in total. The highest BCUT2D eigenvalue weighted by molar-refractivity contribution is 7.90. The first-order valence-corrected chi connectivity index (χ1v) is 16.6. The van der Waals surface area contributed by atoms with Gasteiger partial charge in [-0.05, 0) is 54.7 Å². The van der Waals surface area contributed by atoms with Crippen LogP contribution in [0.2, 0.25) is 0 Å². The molecule has 0 spiro atoms. The molecule has 204 valence electrons. The molecule has 1 amide bonds. The number of hydrogen-bond acceptors (Lipinski definition) is 6. The van der Waals surface area contributed by atoms with E-state index >= 15 is 0 Å². The number of aryl methyl sites for hydroxylation is 1. The number of nitrogens with zero attached hydrogens (tertiary/aromatic N) is 2. The zero-order valence-electron chi connectivity index (χ0n) is 22.0. The summed E-state index contributed by atoms with van der Waals surface area (Å²) in [6.45, 7) is 6.39. The molecule has 0 saturated heterocycles. The summed E-state index contributed by atoms with van der Waals surface area (Å²) < 4.78 is 39.9. The van der Waals surface area contributed by atoms with E-state index in [1.165, 1.54) is 6.26 Å². The predicted octanol–water partition coefficient (Wildman–Crippen LogP) is 3.95. The molecule has 1 aromatic carbocycles. The van der Waals surface area contributed by atoms with Gasteiger partial charge in [-0.2, -0.15) is 4.76 Å². The lowest BCUT2D eigenvalue weighted by Crippen LogP contribution is -2.44. The fourth-order valence-corrected chi connectivity index (χ4v) is 7.15. The van der Waals surface area contributed by atoms with Gasteiger partial charge in [-0.15, -0.1) is 0 Å². The summed E-state index contributed by atoms with van der Waals surface area (Å²) >= 11 is 0. The lowest BCUT2D eigenvalue weighted by molar-refractivity contribution is -0.128. The van der Waals surface area contributed by atoms with Crippen LogP contribution in [0.25, 0.3) is 0 Å². The molecule has 37 heavy (non-hydrogen) atoms. The van der Waals surface area contributed by atoms with Crippen LogP contribution in [0.1, 0.15) is 64.9 Å². The zero-order valence-corrected chi connectivity index (χ0v) is 23.7. The molecule has 0 radical (unpaired) electrons. The Bertz CT molecular complexity index is 1290. The van der Waals surface area contributed by atoms with E-state index in [0.717, 1.165) is 37.7 Å². The van der Waals surface area contributed by atoms with E-state index in [0.29, 0.717) is 31.0 Å². The maximum Gasteiger partial charge on any atom is 0.346 e. The Labute approximate surface area is 219 Å². The third-order valence-corrected chi connectivity index (χ3v) is 9.68. The molecule has 1 aromatic rings. The molecule has 2 atom stereocenters. The number of benzene rings is 1. The standard InChI is InChI=1S/C26H38N3O6PS/c1-26(2,3)23-22(30)21(25(31)29(23)14-13-17-9-10-17)24-27-19-12-11-18(16-20(19)36(32,33)28-24)8-6-5-7-15-37(4,34)35/h11-12,16-17,23,30H,5-10,13-15H2,1-4H3,(H2,27,28,32,33)/t23-/m1/s1.